The average Bonchev–Trinajstić information content (AvgIpc) is 3.15. The van der Waals surface area contributed by atoms with Gasteiger partial charge in [0.05, 0.1) is 13.2 Å². The van der Waals surface area contributed by atoms with Crippen molar-refractivity contribution in [3.63, 3.8) is 0 Å². The van der Waals surface area contributed by atoms with Gasteiger partial charge in [-0.3, -0.25) is 9.59 Å². The fourth-order valence-electron chi connectivity index (χ4n) is 4.29. The molecule has 10 heteroatoms. The summed E-state index contributed by atoms with van der Waals surface area (Å²) in [6.45, 7) is 6.34. The second-order valence-corrected chi connectivity index (χ2v) is 9.96. The highest BCUT2D eigenvalue weighted by Crippen LogP contribution is 2.43. The first kappa shape index (κ1) is 25.3. The van der Waals surface area contributed by atoms with Crippen molar-refractivity contribution >= 4 is 23.9 Å². The van der Waals surface area contributed by atoms with Gasteiger partial charge in [0.2, 0.25) is 11.8 Å². The van der Waals surface area contributed by atoms with Crippen LogP contribution >= 0.6 is 0 Å². The lowest BCUT2D eigenvalue weighted by atomic mass is 9.78. The van der Waals surface area contributed by atoms with Gasteiger partial charge in [-0.05, 0) is 45.7 Å². The first-order valence-corrected chi connectivity index (χ1v) is 11.4. The number of nitrogens with one attached hydrogen (secondary N) is 1. The molecule has 1 atom stereocenters. The molecule has 1 spiro atoms. The van der Waals surface area contributed by atoms with Gasteiger partial charge in [-0.2, -0.15) is 0 Å². The topological polar surface area (TPSA) is 125 Å². The summed E-state index contributed by atoms with van der Waals surface area (Å²) in [5, 5.41) is 12.2. The number of hydrogen-bond donors (Lipinski definition) is 2. The molecule has 0 aliphatic carbocycles. The van der Waals surface area contributed by atoms with Crippen LogP contribution in [0.1, 0.15) is 40.0 Å². The van der Waals surface area contributed by atoms with Crippen LogP contribution in [0.3, 0.4) is 0 Å². The number of aliphatic carboxylic acids is 1. The number of ether oxygens (including phenoxy) is 2. The van der Waals surface area contributed by atoms with Crippen molar-refractivity contribution in [3.8, 4) is 5.75 Å². The van der Waals surface area contributed by atoms with Crippen LogP contribution < -0.4 is 10.1 Å². The van der Waals surface area contributed by atoms with Gasteiger partial charge in [-0.1, -0.05) is 18.2 Å². The molecule has 10 nitrogen and oxygen atoms in total. The van der Waals surface area contributed by atoms with Gasteiger partial charge in [0, 0.05) is 31.5 Å². The summed E-state index contributed by atoms with van der Waals surface area (Å²) in [5.74, 6) is -1.12. The molecule has 2 heterocycles. The lowest BCUT2D eigenvalue weighted by molar-refractivity contribution is -0.148. The van der Waals surface area contributed by atoms with Crippen LogP contribution in [0.4, 0.5) is 4.79 Å². The van der Waals surface area contributed by atoms with Gasteiger partial charge in [-0.25, -0.2) is 9.59 Å². The number of carbonyl (C=O) groups is 4. The number of carboxylic acid groups (broad SMARTS) is 1. The van der Waals surface area contributed by atoms with Crippen LogP contribution in [0.25, 0.3) is 0 Å². The smallest absolute Gasteiger partial charge is 0.410 e. The predicted molar refractivity (Wildman–Crippen MR) is 122 cm³/mol. The number of rotatable bonds is 8. The summed E-state index contributed by atoms with van der Waals surface area (Å²) in [7, 11) is 0. The van der Waals surface area contributed by atoms with Crippen LogP contribution in [0, 0.1) is 5.41 Å². The maximum absolute atomic E-state index is 12.7. The maximum atomic E-state index is 12.7. The molecular weight excluding hydrogens is 442 g/mol. The number of hydrogen-bond acceptors (Lipinski definition) is 6. The Hall–Kier alpha value is -3.30. The summed E-state index contributed by atoms with van der Waals surface area (Å²) < 4.78 is 10.9. The number of carboxylic acids is 1. The minimum Gasteiger partial charge on any atom is -0.494 e. The number of likely N-dealkylation sites (tertiary alicyclic amines) is 2. The van der Waals surface area contributed by atoms with E-state index in [1.54, 1.807) is 20.8 Å². The van der Waals surface area contributed by atoms with Crippen molar-refractivity contribution in [2.24, 2.45) is 5.41 Å². The molecule has 2 saturated heterocycles. The molecule has 186 valence electrons. The van der Waals surface area contributed by atoms with E-state index in [9.17, 15) is 24.3 Å². The molecule has 0 saturated carbocycles. The van der Waals surface area contributed by atoms with Crippen LogP contribution in [-0.4, -0.2) is 83.2 Å². The van der Waals surface area contributed by atoms with E-state index in [1.807, 2.05) is 30.3 Å². The molecule has 0 radical (unpaired) electrons. The van der Waals surface area contributed by atoms with E-state index in [0.717, 1.165) is 5.75 Å². The monoisotopic (exact) mass is 475 g/mol. The number of amides is 3. The first-order valence-electron chi connectivity index (χ1n) is 11.4. The number of nitrogens with zero attached hydrogens (tertiary/aromatic N) is 2. The van der Waals surface area contributed by atoms with Gasteiger partial charge in [0.15, 0.2) is 0 Å². The van der Waals surface area contributed by atoms with E-state index in [-0.39, 0.29) is 31.8 Å². The largest absolute Gasteiger partial charge is 0.494 e. The first-order chi connectivity index (χ1) is 16.0. The third-order valence-corrected chi connectivity index (χ3v) is 5.81. The van der Waals surface area contributed by atoms with Crippen molar-refractivity contribution in [1.29, 1.82) is 0 Å². The fraction of sp³-hybridized carbons (Fsp3) is 0.583. The number of para-hydroxylation sites is 1. The van der Waals surface area contributed by atoms with Crippen LogP contribution in [0.2, 0.25) is 0 Å². The standard InChI is InChI=1S/C24H33N3O7/c1-23(2,3)34-22(32)26-14-24(15-26)12-18(21(30)31)27(16-24)20(29)13-25-19(28)10-7-11-33-17-8-5-4-6-9-17/h4-6,8-9,18H,7,10-16H2,1-3H3,(H,25,28)(H,30,31). The third kappa shape index (κ3) is 6.61. The zero-order chi connectivity index (χ0) is 24.9. The highest BCUT2D eigenvalue weighted by atomic mass is 16.6. The second kappa shape index (κ2) is 10.3. The number of carbonyl (C=O) groups excluding carboxylic acids is 3. The Morgan fingerprint density at radius 1 is 1.12 bits per heavy atom. The summed E-state index contributed by atoms with van der Waals surface area (Å²) in [5.41, 5.74) is -1.08. The summed E-state index contributed by atoms with van der Waals surface area (Å²) in [6, 6.07) is 8.28. The summed E-state index contributed by atoms with van der Waals surface area (Å²) >= 11 is 0. The molecule has 2 aliphatic heterocycles. The minimum atomic E-state index is -1.09. The molecule has 1 aromatic carbocycles. The quantitative estimate of drug-likeness (QED) is 0.550. The Morgan fingerprint density at radius 3 is 2.41 bits per heavy atom. The number of benzene rings is 1. The van der Waals surface area contributed by atoms with Gasteiger partial charge in [-0.15, -0.1) is 0 Å². The lowest BCUT2D eigenvalue weighted by Crippen LogP contribution is -2.60. The fourth-order valence-corrected chi connectivity index (χ4v) is 4.29. The predicted octanol–water partition coefficient (Wildman–Crippen LogP) is 1.88. The Morgan fingerprint density at radius 2 is 1.79 bits per heavy atom. The Labute approximate surface area is 199 Å². The van der Waals surface area contributed by atoms with E-state index < -0.39 is 35.0 Å². The average molecular weight is 476 g/mol. The molecule has 1 aromatic rings. The Kier molecular flexibility index (Phi) is 7.68. The van der Waals surface area contributed by atoms with E-state index >= 15 is 0 Å². The van der Waals surface area contributed by atoms with Crippen molar-refractivity contribution in [1.82, 2.24) is 15.1 Å². The summed E-state index contributed by atoms with van der Waals surface area (Å²) in [6.07, 6.45) is 0.494. The highest BCUT2D eigenvalue weighted by Gasteiger charge is 2.56. The van der Waals surface area contributed by atoms with E-state index in [4.69, 9.17) is 9.47 Å². The van der Waals surface area contributed by atoms with Crippen molar-refractivity contribution in [2.45, 2.75) is 51.7 Å². The molecule has 0 bridgehead atoms. The van der Waals surface area contributed by atoms with E-state index in [2.05, 4.69) is 5.32 Å². The molecular formula is C24H33N3O7. The van der Waals surface area contributed by atoms with Crippen LogP contribution in [-0.2, 0) is 19.1 Å². The lowest BCUT2D eigenvalue weighted by Gasteiger charge is -2.47. The zero-order valence-corrected chi connectivity index (χ0v) is 19.9. The molecule has 3 rings (SSSR count). The Bertz CT molecular complexity index is 907. The third-order valence-electron chi connectivity index (χ3n) is 5.81. The van der Waals surface area contributed by atoms with Crippen molar-refractivity contribution in [2.75, 3.05) is 32.8 Å². The molecule has 0 aromatic heterocycles. The molecule has 2 N–H and O–H groups in total. The Balaban J connectivity index is 1.43. The van der Waals surface area contributed by atoms with Gasteiger partial charge in [0.1, 0.15) is 17.4 Å². The van der Waals surface area contributed by atoms with Crippen molar-refractivity contribution in [3.05, 3.63) is 30.3 Å². The van der Waals surface area contributed by atoms with Crippen molar-refractivity contribution < 1.29 is 33.8 Å². The van der Waals surface area contributed by atoms with Gasteiger partial charge < -0.3 is 29.7 Å². The molecule has 2 aliphatic rings. The van der Waals surface area contributed by atoms with Crippen LogP contribution in [0.15, 0.2) is 30.3 Å². The van der Waals surface area contributed by atoms with Crippen LogP contribution in [0.5, 0.6) is 5.75 Å². The van der Waals surface area contributed by atoms with Gasteiger partial charge >= 0.3 is 12.1 Å². The zero-order valence-electron chi connectivity index (χ0n) is 19.9. The van der Waals surface area contributed by atoms with Gasteiger partial charge in [0.25, 0.3) is 0 Å². The SMILES string of the molecule is CC(C)(C)OC(=O)N1CC2(CC(C(=O)O)N(C(=O)CNC(=O)CCCOc3ccccc3)C2)C1. The molecule has 34 heavy (non-hydrogen) atoms. The van der Waals surface area contributed by atoms with E-state index in [0.29, 0.717) is 26.1 Å². The molecule has 1 unspecified atom stereocenters. The maximum Gasteiger partial charge on any atom is 0.410 e. The minimum absolute atomic E-state index is 0.192. The normalized spacial score (nSPS) is 18.9. The molecule has 3 amide bonds. The molecule has 2 fully saturated rings. The van der Waals surface area contributed by atoms with E-state index in [1.165, 1.54) is 9.80 Å². The second-order valence-electron chi connectivity index (χ2n) is 9.96. The highest BCUT2D eigenvalue weighted by molar-refractivity contribution is 5.88. The summed E-state index contributed by atoms with van der Waals surface area (Å²) in [4.78, 5) is 51.7.